The second-order valence-corrected chi connectivity index (χ2v) is 3.67. The lowest BCUT2D eigenvalue weighted by Gasteiger charge is -2.36. The molecule has 0 aromatic heterocycles. The maximum Gasteiger partial charge on any atom is 0.222 e. The van der Waals surface area contributed by atoms with Crippen molar-refractivity contribution in [3.05, 3.63) is 0 Å². The molecule has 0 N–H and O–H groups in total. The van der Waals surface area contributed by atoms with E-state index < -0.39 is 0 Å². The van der Waals surface area contributed by atoms with Gasteiger partial charge >= 0.3 is 0 Å². The predicted octanol–water partition coefficient (Wildman–Crippen LogP) is 0.313. The van der Waals surface area contributed by atoms with Crippen molar-refractivity contribution in [2.24, 2.45) is 0 Å². The van der Waals surface area contributed by atoms with Crippen LogP contribution >= 0.6 is 0 Å². The highest BCUT2D eigenvalue weighted by atomic mass is 16.2. The van der Waals surface area contributed by atoms with Crippen LogP contribution in [0.5, 0.6) is 0 Å². The van der Waals surface area contributed by atoms with Crippen molar-refractivity contribution in [1.29, 1.82) is 0 Å². The van der Waals surface area contributed by atoms with Crippen LogP contribution in [0.25, 0.3) is 0 Å². The number of carbonyl (C=O) groups is 1. The van der Waals surface area contributed by atoms with Crippen LogP contribution in [0.2, 0.25) is 0 Å². The van der Waals surface area contributed by atoms with Crippen LogP contribution < -0.4 is 0 Å². The Morgan fingerprint density at radius 3 is 3.08 bits per heavy atom. The Kier molecular flexibility index (Phi) is 2.05. The Morgan fingerprint density at radius 1 is 1.50 bits per heavy atom. The molecule has 3 nitrogen and oxygen atoms in total. The average Bonchev–Trinajstić information content (AvgIpc) is 2.47. The minimum atomic E-state index is 0.371. The summed E-state index contributed by atoms with van der Waals surface area (Å²) in [5.74, 6) is 0.371. The largest absolute Gasteiger partial charge is 0.337 e. The number of amides is 1. The van der Waals surface area contributed by atoms with E-state index in [4.69, 9.17) is 0 Å². The number of nitrogens with zero attached hydrogens (tertiary/aromatic N) is 2. The minimum Gasteiger partial charge on any atom is -0.337 e. The van der Waals surface area contributed by atoms with Crippen molar-refractivity contribution in [3.8, 4) is 0 Å². The van der Waals surface area contributed by atoms with E-state index in [0.717, 1.165) is 39.0 Å². The molecule has 0 aromatic rings. The van der Waals surface area contributed by atoms with Crippen LogP contribution in [0.15, 0.2) is 0 Å². The zero-order valence-corrected chi connectivity index (χ0v) is 7.62. The summed E-state index contributed by atoms with van der Waals surface area (Å²) in [5, 5.41) is 0. The van der Waals surface area contributed by atoms with Gasteiger partial charge in [0.25, 0.3) is 0 Å². The van der Waals surface area contributed by atoms with Gasteiger partial charge in [-0.05, 0) is 13.0 Å². The van der Waals surface area contributed by atoms with Gasteiger partial charge in [-0.15, -0.1) is 0 Å². The first-order valence-electron chi connectivity index (χ1n) is 4.83. The predicted molar refractivity (Wildman–Crippen MR) is 46.8 cm³/mol. The maximum atomic E-state index is 11.3. The van der Waals surface area contributed by atoms with E-state index in [0.29, 0.717) is 11.9 Å². The number of piperazine rings is 1. The Balaban J connectivity index is 1.99. The lowest BCUT2D eigenvalue weighted by Crippen LogP contribution is -2.51. The number of hydrogen-bond donors (Lipinski definition) is 0. The third-order valence-electron chi connectivity index (χ3n) is 3.03. The average molecular weight is 168 g/mol. The second-order valence-electron chi connectivity index (χ2n) is 3.67. The Labute approximate surface area is 73.3 Å². The summed E-state index contributed by atoms with van der Waals surface area (Å²) >= 11 is 0. The number of fused-ring (bicyclic) bond motifs is 1. The number of likely N-dealkylation sites (N-methyl/N-ethyl adjacent to an activating group) is 1. The first kappa shape index (κ1) is 8.05. The topological polar surface area (TPSA) is 23.6 Å². The lowest BCUT2D eigenvalue weighted by molar-refractivity contribution is -0.130. The molecule has 0 saturated carbocycles. The fourth-order valence-corrected chi connectivity index (χ4v) is 2.22. The quantitative estimate of drug-likeness (QED) is 0.562. The van der Waals surface area contributed by atoms with Crippen LogP contribution in [-0.4, -0.2) is 47.9 Å². The number of hydrogen-bond acceptors (Lipinski definition) is 2. The fourth-order valence-electron chi connectivity index (χ4n) is 2.22. The van der Waals surface area contributed by atoms with Crippen LogP contribution in [0.4, 0.5) is 0 Å². The molecule has 2 heterocycles. The highest BCUT2D eigenvalue weighted by Crippen LogP contribution is 2.22. The molecule has 3 heteroatoms. The molecule has 0 aliphatic carbocycles. The summed E-state index contributed by atoms with van der Waals surface area (Å²) in [4.78, 5) is 15.8. The monoisotopic (exact) mass is 168 g/mol. The Bertz CT molecular complexity index is 193. The van der Waals surface area contributed by atoms with Gasteiger partial charge in [-0.2, -0.15) is 0 Å². The standard InChI is InChI=1S/C9H16N2O/c1-2-10-5-6-11-8(7-10)3-4-9(11)12/h8H,2-7H2,1H3/t8-/m1/s1. The molecule has 0 radical (unpaired) electrons. The van der Waals surface area contributed by atoms with Crippen molar-refractivity contribution in [2.75, 3.05) is 26.2 Å². The molecule has 2 aliphatic heterocycles. The normalized spacial score (nSPS) is 30.9. The third kappa shape index (κ3) is 1.22. The van der Waals surface area contributed by atoms with Crippen molar-refractivity contribution >= 4 is 5.91 Å². The zero-order chi connectivity index (χ0) is 8.55. The van der Waals surface area contributed by atoms with Crippen LogP contribution in [0.1, 0.15) is 19.8 Å². The van der Waals surface area contributed by atoms with Crippen molar-refractivity contribution in [1.82, 2.24) is 9.80 Å². The first-order chi connectivity index (χ1) is 5.81. The molecule has 0 aromatic carbocycles. The van der Waals surface area contributed by atoms with Gasteiger partial charge in [-0.25, -0.2) is 0 Å². The Morgan fingerprint density at radius 2 is 2.33 bits per heavy atom. The van der Waals surface area contributed by atoms with Gasteiger partial charge in [0.05, 0.1) is 0 Å². The Hall–Kier alpha value is -0.570. The highest BCUT2D eigenvalue weighted by molar-refractivity contribution is 5.78. The molecular formula is C9H16N2O. The first-order valence-corrected chi connectivity index (χ1v) is 4.83. The molecular weight excluding hydrogens is 152 g/mol. The summed E-state index contributed by atoms with van der Waals surface area (Å²) < 4.78 is 0. The lowest BCUT2D eigenvalue weighted by atomic mass is 10.1. The van der Waals surface area contributed by atoms with Crippen LogP contribution in [0, 0.1) is 0 Å². The second kappa shape index (κ2) is 3.05. The van der Waals surface area contributed by atoms with Gasteiger partial charge in [-0.1, -0.05) is 6.92 Å². The summed E-state index contributed by atoms with van der Waals surface area (Å²) in [6.45, 7) is 6.43. The summed E-state index contributed by atoms with van der Waals surface area (Å²) in [5.41, 5.74) is 0. The van der Waals surface area contributed by atoms with Gasteiger partial charge < -0.3 is 4.90 Å². The number of carbonyl (C=O) groups excluding carboxylic acids is 1. The maximum absolute atomic E-state index is 11.3. The molecule has 1 amide bonds. The van der Waals surface area contributed by atoms with E-state index in [2.05, 4.69) is 16.7 Å². The highest BCUT2D eigenvalue weighted by Gasteiger charge is 2.34. The van der Waals surface area contributed by atoms with E-state index in [1.807, 2.05) is 0 Å². The number of rotatable bonds is 1. The van der Waals surface area contributed by atoms with E-state index in [1.54, 1.807) is 0 Å². The van der Waals surface area contributed by atoms with Crippen molar-refractivity contribution < 1.29 is 4.79 Å². The summed E-state index contributed by atoms with van der Waals surface area (Å²) in [7, 11) is 0. The van der Waals surface area contributed by atoms with Crippen LogP contribution in [-0.2, 0) is 4.79 Å². The van der Waals surface area contributed by atoms with Gasteiger partial charge in [0, 0.05) is 32.1 Å². The van der Waals surface area contributed by atoms with Crippen LogP contribution in [0.3, 0.4) is 0 Å². The molecule has 0 spiro atoms. The molecule has 2 rings (SSSR count). The molecule has 12 heavy (non-hydrogen) atoms. The SMILES string of the molecule is CCN1CCN2C(=O)CC[C@@H]2C1. The van der Waals surface area contributed by atoms with Crippen molar-refractivity contribution in [3.63, 3.8) is 0 Å². The van der Waals surface area contributed by atoms with E-state index in [9.17, 15) is 4.79 Å². The van der Waals surface area contributed by atoms with Crippen molar-refractivity contribution in [2.45, 2.75) is 25.8 Å². The molecule has 2 saturated heterocycles. The molecule has 1 atom stereocenters. The van der Waals surface area contributed by atoms with E-state index in [1.165, 1.54) is 0 Å². The van der Waals surface area contributed by atoms with Gasteiger partial charge in [0.2, 0.25) is 5.91 Å². The van der Waals surface area contributed by atoms with E-state index >= 15 is 0 Å². The fraction of sp³-hybridized carbons (Fsp3) is 0.889. The summed E-state index contributed by atoms with van der Waals surface area (Å²) in [6, 6.07) is 0.534. The molecule has 0 bridgehead atoms. The third-order valence-corrected chi connectivity index (χ3v) is 3.03. The van der Waals surface area contributed by atoms with Gasteiger partial charge in [0.1, 0.15) is 0 Å². The van der Waals surface area contributed by atoms with E-state index in [-0.39, 0.29) is 0 Å². The smallest absolute Gasteiger partial charge is 0.222 e. The van der Waals surface area contributed by atoms with Gasteiger partial charge in [-0.3, -0.25) is 9.69 Å². The van der Waals surface area contributed by atoms with Gasteiger partial charge in [0.15, 0.2) is 0 Å². The summed E-state index contributed by atoms with van der Waals surface area (Å²) in [6.07, 6.45) is 1.86. The molecule has 0 unspecified atom stereocenters. The molecule has 2 fully saturated rings. The minimum absolute atomic E-state index is 0.371. The zero-order valence-electron chi connectivity index (χ0n) is 7.62. The molecule has 68 valence electrons. The molecule has 2 aliphatic rings.